The molecule has 0 saturated carbocycles. The standard InChI is InChI=1S/C48H44O8.C29H26O4.C15H16O2/c1-33(49)55-40-25-13-34(14-26-40)47(2,3)35-15-27-41(28-16-35)56-46(50)54-32-31-53-39-23-19-37(20-24-39)48(36-17-21-38(22-18-36)52-30-29-51-4)44-11-7-5-9-42(44)43-10-6-8-12-45(43)48;30-17-19-32-23-13-9-21(10-14-23)29(22-11-15-24(16-12-22)33-20-18-31)27-7-3-1-5-25(27)26-6-2-4-8-28(26)29;1-15(2,11-3-7-13(16)8-4-11)12-5-9-14(17)10-6-12/h5-28H,29-32H2,1-4H3;1-16,30-31H,17-20H2;3-10,16-17H,1-2H3. The van der Waals surface area contributed by atoms with E-state index in [2.05, 4.69) is 173 Å². The number of carbonyl (C=O) groups is 2. The van der Waals surface area contributed by atoms with E-state index in [1.165, 1.54) is 51.4 Å². The lowest BCUT2D eigenvalue weighted by atomic mass is 9.68. The minimum absolute atomic E-state index is 0.0124. The first-order valence-electron chi connectivity index (χ1n) is 35.3. The van der Waals surface area contributed by atoms with Gasteiger partial charge in [-0.2, -0.15) is 0 Å². The van der Waals surface area contributed by atoms with Crippen LogP contribution in [-0.4, -0.2) is 92.5 Å². The molecule has 0 aliphatic heterocycles. The molecule has 0 radical (unpaired) electrons. The largest absolute Gasteiger partial charge is 0.513 e. The van der Waals surface area contributed by atoms with Gasteiger partial charge in [0, 0.05) is 24.9 Å². The topological polar surface area (TPSA) is 189 Å². The van der Waals surface area contributed by atoms with Crippen molar-refractivity contribution in [1.29, 1.82) is 0 Å². The number of rotatable bonds is 24. The summed E-state index contributed by atoms with van der Waals surface area (Å²) >= 11 is 0. The molecule has 0 fully saturated rings. The summed E-state index contributed by atoms with van der Waals surface area (Å²) in [6.45, 7) is 11.5. The maximum Gasteiger partial charge on any atom is 0.513 e. The monoisotopic (exact) mass is 1410 g/mol. The van der Waals surface area contributed by atoms with Crippen molar-refractivity contribution in [3.63, 3.8) is 0 Å². The van der Waals surface area contributed by atoms with Crippen LogP contribution in [0.5, 0.6) is 46.0 Å². The van der Waals surface area contributed by atoms with Crippen LogP contribution in [0.3, 0.4) is 0 Å². The second-order valence-corrected chi connectivity index (χ2v) is 26.8. The zero-order valence-corrected chi connectivity index (χ0v) is 60.2. The van der Waals surface area contributed by atoms with Crippen LogP contribution in [0.15, 0.2) is 291 Å². The Hall–Kier alpha value is -11.9. The Morgan fingerprint density at radius 2 is 0.585 bits per heavy atom. The summed E-state index contributed by atoms with van der Waals surface area (Å²) in [7, 11) is 1.66. The Balaban J connectivity index is 0.000000175. The summed E-state index contributed by atoms with van der Waals surface area (Å²) in [5.41, 5.74) is 17.0. The smallest absolute Gasteiger partial charge is 0.508 e. The lowest BCUT2D eigenvalue weighted by molar-refractivity contribution is -0.131. The lowest BCUT2D eigenvalue weighted by Gasteiger charge is -2.34. The maximum absolute atomic E-state index is 12.5. The molecule has 12 aromatic rings. The van der Waals surface area contributed by atoms with Crippen LogP contribution in [-0.2, 0) is 35.9 Å². The van der Waals surface area contributed by atoms with Gasteiger partial charge in [0.15, 0.2) is 0 Å². The summed E-state index contributed by atoms with van der Waals surface area (Å²) in [5.74, 6) is 3.96. The SMILES string of the molecule is CC(C)(c1ccc(O)cc1)c1ccc(O)cc1.COCCOc1ccc(C2(c3ccc(OCCOC(=O)Oc4ccc(C(C)(C)c5ccc(OC(C)=O)cc5)cc4)cc3)c3ccccc3-c3ccccc32)cc1.OCCOc1ccc(C2(c3ccc(OCCO)cc3)c3ccccc3-c3ccccc32)cc1. The molecule has 106 heavy (non-hydrogen) atoms. The van der Waals surface area contributed by atoms with Crippen molar-refractivity contribution in [2.75, 3.05) is 60.0 Å². The summed E-state index contributed by atoms with van der Waals surface area (Å²) in [6, 6.07) is 96.3. The van der Waals surface area contributed by atoms with E-state index in [1.54, 1.807) is 55.6 Å². The van der Waals surface area contributed by atoms with Gasteiger partial charge in [0.05, 0.1) is 30.7 Å². The Bertz CT molecular complexity index is 4710. The van der Waals surface area contributed by atoms with Gasteiger partial charge in [0.2, 0.25) is 0 Å². The molecule has 14 rings (SSSR count). The van der Waals surface area contributed by atoms with E-state index in [0.29, 0.717) is 30.5 Å². The number of hydrogen-bond acceptors (Lipinski definition) is 14. The average Bonchev–Trinajstić information content (AvgIpc) is 1.54. The number of phenolic OH excluding ortho intramolecular Hbond substituents is 2. The third-order valence-corrected chi connectivity index (χ3v) is 19.7. The van der Waals surface area contributed by atoms with Gasteiger partial charge in [0.1, 0.15) is 79.0 Å². The van der Waals surface area contributed by atoms with Gasteiger partial charge in [-0.15, -0.1) is 0 Å². The zero-order chi connectivity index (χ0) is 74.3. The first-order valence-corrected chi connectivity index (χ1v) is 35.3. The Morgan fingerprint density at radius 1 is 0.321 bits per heavy atom. The van der Waals surface area contributed by atoms with Crippen LogP contribution < -0.4 is 28.4 Å². The van der Waals surface area contributed by atoms with E-state index in [1.807, 2.05) is 97.1 Å². The third-order valence-electron chi connectivity index (χ3n) is 19.7. The summed E-state index contributed by atoms with van der Waals surface area (Å²) in [6.07, 6.45) is -0.812. The maximum atomic E-state index is 12.5. The molecular formula is C92H86O14. The molecule has 4 N–H and O–H groups in total. The van der Waals surface area contributed by atoms with Crippen LogP contribution in [0.1, 0.15) is 101 Å². The number of esters is 1. The van der Waals surface area contributed by atoms with Crippen molar-refractivity contribution >= 4 is 12.1 Å². The van der Waals surface area contributed by atoms with Crippen molar-refractivity contribution in [3.05, 3.63) is 358 Å². The van der Waals surface area contributed by atoms with Gasteiger partial charge < -0.3 is 58.3 Å². The van der Waals surface area contributed by atoms with Crippen LogP contribution in [0.2, 0.25) is 0 Å². The predicted octanol–water partition coefficient (Wildman–Crippen LogP) is 18.1. The van der Waals surface area contributed by atoms with E-state index in [-0.39, 0.29) is 67.9 Å². The van der Waals surface area contributed by atoms with Crippen LogP contribution in [0.25, 0.3) is 22.3 Å². The number of aliphatic hydroxyl groups excluding tert-OH is 2. The van der Waals surface area contributed by atoms with E-state index < -0.39 is 17.0 Å². The molecule has 14 nitrogen and oxygen atoms in total. The van der Waals surface area contributed by atoms with Gasteiger partial charge in [0.25, 0.3) is 0 Å². The number of hydrogen-bond donors (Lipinski definition) is 4. The van der Waals surface area contributed by atoms with Crippen molar-refractivity contribution in [1.82, 2.24) is 0 Å². The Labute approximate surface area is 619 Å². The summed E-state index contributed by atoms with van der Waals surface area (Å²) < 4.78 is 44.2. The minimum Gasteiger partial charge on any atom is -0.508 e. The number of methoxy groups -OCH3 is 1. The quantitative estimate of drug-likeness (QED) is 0.0194. The van der Waals surface area contributed by atoms with E-state index in [4.69, 9.17) is 48.1 Å². The molecule has 0 saturated heterocycles. The molecule has 0 spiro atoms. The molecular weight excluding hydrogens is 1330 g/mol. The molecule has 0 amide bonds. The van der Waals surface area contributed by atoms with Crippen molar-refractivity contribution < 1.29 is 67.9 Å². The molecule has 538 valence electrons. The second kappa shape index (κ2) is 33.2. The third kappa shape index (κ3) is 15.8. The number of aromatic hydroxyl groups is 2. The van der Waals surface area contributed by atoms with Gasteiger partial charge >= 0.3 is 12.1 Å². The highest BCUT2D eigenvalue weighted by atomic mass is 16.7. The van der Waals surface area contributed by atoms with E-state index in [9.17, 15) is 19.8 Å². The normalized spacial score (nSPS) is 12.6. The lowest BCUT2D eigenvalue weighted by Crippen LogP contribution is -2.28. The molecule has 0 heterocycles. The average molecular weight is 1420 g/mol. The first-order chi connectivity index (χ1) is 51.5. The first kappa shape index (κ1) is 73.8. The fourth-order valence-electron chi connectivity index (χ4n) is 14.4. The highest BCUT2D eigenvalue weighted by Gasteiger charge is 2.47. The van der Waals surface area contributed by atoms with Crippen molar-refractivity contribution in [2.24, 2.45) is 0 Å². The van der Waals surface area contributed by atoms with Crippen molar-refractivity contribution in [3.8, 4) is 68.2 Å². The predicted molar refractivity (Wildman–Crippen MR) is 412 cm³/mol. The second-order valence-electron chi connectivity index (χ2n) is 26.8. The molecule has 0 unspecified atom stereocenters. The number of aliphatic hydroxyl groups is 2. The van der Waals surface area contributed by atoms with E-state index in [0.717, 1.165) is 61.8 Å². The number of fused-ring (bicyclic) bond motifs is 6. The Kier molecular flexibility index (Phi) is 23.1. The highest BCUT2D eigenvalue weighted by Crippen LogP contribution is 2.58. The summed E-state index contributed by atoms with van der Waals surface area (Å²) in [4.78, 5) is 23.8. The van der Waals surface area contributed by atoms with Gasteiger partial charge in [-0.05, 0) is 186 Å². The minimum atomic E-state index is -0.812. The molecule has 12 aromatic carbocycles. The fraction of sp³-hybridized carbons (Fsp3) is 0.196. The zero-order valence-electron chi connectivity index (χ0n) is 60.2. The fourth-order valence-corrected chi connectivity index (χ4v) is 14.4. The van der Waals surface area contributed by atoms with Gasteiger partial charge in [-0.25, -0.2) is 4.79 Å². The van der Waals surface area contributed by atoms with Crippen molar-refractivity contribution in [2.45, 2.75) is 56.3 Å². The molecule has 0 aromatic heterocycles. The number of carbonyl (C=O) groups excluding carboxylic acids is 2. The van der Waals surface area contributed by atoms with E-state index >= 15 is 0 Å². The molecule has 2 aliphatic carbocycles. The number of benzene rings is 12. The van der Waals surface area contributed by atoms with Gasteiger partial charge in [-0.3, -0.25) is 4.79 Å². The van der Waals surface area contributed by atoms with Crippen LogP contribution in [0, 0.1) is 0 Å². The number of ether oxygens (including phenoxy) is 8. The molecule has 0 bridgehead atoms. The molecule has 0 atom stereocenters. The highest BCUT2D eigenvalue weighted by molar-refractivity contribution is 5.88. The number of phenols is 2. The molecule has 14 heteroatoms. The Morgan fingerprint density at radius 3 is 0.877 bits per heavy atom. The molecule has 2 aliphatic rings. The van der Waals surface area contributed by atoms with Crippen LogP contribution in [0.4, 0.5) is 4.79 Å². The van der Waals surface area contributed by atoms with Crippen LogP contribution >= 0.6 is 0 Å². The van der Waals surface area contributed by atoms with Gasteiger partial charge in [-0.1, -0.05) is 222 Å². The summed E-state index contributed by atoms with van der Waals surface area (Å²) in [5, 5.41) is 36.8.